The van der Waals surface area contributed by atoms with Crippen molar-refractivity contribution in [3.05, 3.63) is 72.0 Å². The fraction of sp³-hybridized carbons (Fsp3) is 0.200. The quantitative estimate of drug-likeness (QED) is 0.608. The maximum atomic E-state index is 13.4. The SMILES string of the molecule is Fc1ccc2c(CN3CCc4cnc(-c5cncnc5)nc4C3)c[nH]c2c1. The third kappa shape index (κ3) is 3.06. The summed E-state index contributed by atoms with van der Waals surface area (Å²) in [6.07, 6.45) is 9.73. The van der Waals surface area contributed by atoms with Crippen molar-refractivity contribution < 1.29 is 4.39 Å². The van der Waals surface area contributed by atoms with Gasteiger partial charge >= 0.3 is 0 Å². The van der Waals surface area contributed by atoms with Gasteiger partial charge < -0.3 is 4.98 Å². The molecule has 1 N–H and O–H groups in total. The second-order valence-corrected chi connectivity index (χ2v) is 6.76. The first-order valence-corrected chi connectivity index (χ1v) is 8.84. The number of aromatic amines is 1. The van der Waals surface area contributed by atoms with Crippen LogP contribution in [-0.2, 0) is 19.5 Å². The minimum atomic E-state index is -0.225. The lowest BCUT2D eigenvalue weighted by Crippen LogP contribution is -2.31. The smallest absolute Gasteiger partial charge is 0.162 e. The van der Waals surface area contributed by atoms with Crippen molar-refractivity contribution in [1.29, 1.82) is 0 Å². The molecule has 4 aromatic rings. The number of aromatic nitrogens is 5. The van der Waals surface area contributed by atoms with Gasteiger partial charge in [-0.15, -0.1) is 0 Å². The molecule has 1 aromatic carbocycles. The van der Waals surface area contributed by atoms with Gasteiger partial charge in [0.25, 0.3) is 0 Å². The van der Waals surface area contributed by atoms with E-state index in [-0.39, 0.29) is 5.82 Å². The van der Waals surface area contributed by atoms with E-state index in [1.165, 1.54) is 29.6 Å². The van der Waals surface area contributed by atoms with E-state index in [1.807, 2.05) is 18.5 Å². The number of H-pyrrole nitrogens is 1. The van der Waals surface area contributed by atoms with E-state index >= 15 is 0 Å². The first-order chi connectivity index (χ1) is 13.3. The number of benzene rings is 1. The summed E-state index contributed by atoms with van der Waals surface area (Å²) in [5, 5.41) is 1.06. The molecule has 0 spiro atoms. The van der Waals surface area contributed by atoms with Gasteiger partial charge in [-0.05, 0) is 35.7 Å². The Morgan fingerprint density at radius 2 is 2.04 bits per heavy atom. The summed E-state index contributed by atoms with van der Waals surface area (Å²) < 4.78 is 13.4. The fourth-order valence-corrected chi connectivity index (χ4v) is 3.58. The summed E-state index contributed by atoms with van der Waals surface area (Å²) >= 11 is 0. The first kappa shape index (κ1) is 16.0. The van der Waals surface area contributed by atoms with Gasteiger partial charge in [0, 0.05) is 55.3 Å². The summed E-state index contributed by atoms with van der Waals surface area (Å²) in [5.74, 6) is 0.427. The highest BCUT2D eigenvalue weighted by Crippen LogP contribution is 2.24. The standard InChI is InChI=1S/C20H17FN6/c21-16-1-2-17-15(9-24-18(17)5-16)10-27-4-3-13-8-25-20(26-19(13)11-27)14-6-22-12-23-7-14/h1-2,5-9,12,24H,3-4,10-11H2. The predicted molar refractivity (Wildman–Crippen MR) is 99.1 cm³/mol. The number of halogens is 1. The molecule has 0 atom stereocenters. The zero-order chi connectivity index (χ0) is 18.2. The Kier molecular flexibility index (Phi) is 3.86. The molecule has 134 valence electrons. The van der Waals surface area contributed by atoms with Crippen molar-refractivity contribution in [3.8, 4) is 11.4 Å². The van der Waals surface area contributed by atoms with E-state index in [9.17, 15) is 4.39 Å². The Morgan fingerprint density at radius 3 is 2.93 bits per heavy atom. The minimum Gasteiger partial charge on any atom is -0.361 e. The maximum Gasteiger partial charge on any atom is 0.162 e. The monoisotopic (exact) mass is 360 g/mol. The van der Waals surface area contributed by atoms with Crippen LogP contribution in [-0.4, -0.2) is 36.4 Å². The molecule has 1 aliphatic rings. The second kappa shape index (κ2) is 6.51. The Labute approximate surface area is 155 Å². The molecule has 5 rings (SSSR count). The zero-order valence-electron chi connectivity index (χ0n) is 14.6. The van der Waals surface area contributed by atoms with Gasteiger partial charge in [0.1, 0.15) is 12.1 Å². The summed E-state index contributed by atoms with van der Waals surface area (Å²) in [4.78, 5) is 22.8. The number of hydrogen-bond acceptors (Lipinski definition) is 5. The van der Waals surface area contributed by atoms with Crippen LogP contribution in [0.15, 0.2) is 49.3 Å². The van der Waals surface area contributed by atoms with Crippen molar-refractivity contribution in [3.63, 3.8) is 0 Å². The molecule has 0 fully saturated rings. The molecule has 0 aliphatic carbocycles. The highest BCUT2D eigenvalue weighted by molar-refractivity contribution is 5.83. The van der Waals surface area contributed by atoms with Crippen LogP contribution in [0.25, 0.3) is 22.3 Å². The average molecular weight is 360 g/mol. The van der Waals surface area contributed by atoms with Gasteiger partial charge in [0.05, 0.1) is 11.3 Å². The number of hydrogen-bond donors (Lipinski definition) is 1. The first-order valence-electron chi connectivity index (χ1n) is 8.84. The van der Waals surface area contributed by atoms with Gasteiger partial charge in [0.2, 0.25) is 0 Å². The Bertz CT molecular complexity index is 1110. The van der Waals surface area contributed by atoms with Crippen LogP contribution in [0.5, 0.6) is 0 Å². The molecule has 0 saturated heterocycles. The molecule has 3 aromatic heterocycles. The van der Waals surface area contributed by atoms with Gasteiger partial charge in [-0.1, -0.05) is 0 Å². The zero-order valence-corrected chi connectivity index (χ0v) is 14.6. The van der Waals surface area contributed by atoms with E-state index in [0.29, 0.717) is 5.82 Å². The molecule has 6 nitrogen and oxygen atoms in total. The third-order valence-electron chi connectivity index (χ3n) is 4.97. The highest BCUT2D eigenvalue weighted by Gasteiger charge is 2.20. The number of fused-ring (bicyclic) bond motifs is 2. The van der Waals surface area contributed by atoms with Crippen molar-refractivity contribution >= 4 is 10.9 Å². The lowest BCUT2D eigenvalue weighted by atomic mass is 10.1. The van der Waals surface area contributed by atoms with Crippen LogP contribution in [0, 0.1) is 5.82 Å². The highest BCUT2D eigenvalue weighted by atomic mass is 19.1. The van der Waals surface area contributed by atoms with Crippen molar-refractivity contribution in [2.45, 2.75) is 19.5 Å². The largest absolute Gasteiger partial charge is 0.361 e. The van der Waals surface area contributed by atoms with Gasteiger partial charge in [-0.3, -0.25) is 4.90 Å². The Morgan fingerprint density at radius 1 is 1.15 bits per heavy atom. The molecule has 1 aliphatic heterocycles. The number of rotatable bonds is 3. The number of nitrogens with zero attached hydrogens (tertiary/aromatic N) is 5. The van der Waals surface area contributed by atoms with E-state index in [2.05, 4.69) is 24.8 Å². The third-order valence-corrected chi connectivity index (χ3v) is 4.97. The summed E-state index contributed by atoms with van der Waals surface area (Å²) in [7, 11) is 0. The Balaban J connectivity index is 1.40. The van der Waals surface area contributed by atoms with Crippen molar-refractivity contribution in [2.75, 3.05) is 6.54 Å². The molecule has 7 heteroatoms. The van der Waals surface area contributed by atoms with Gasteiger partial charge in [-0.25, -0.2) is 24.3 Å². The minimum absolute atomic E-state index is 0.225. The Hall–Kier alpha value is -3.19. The molecule has 27 heavy (non-hydrogen) atoms. The van der Waals surface area contributed by atoms with E-state index in [1.54, 1.807) is 12.4 Å². The molecule has 0 radical (unpaired) electrons. The normalized spacial score (nSPS) is 14.4. The molecular weight excluding hydrogens is 343 g/mol. The van der Waals surface area contributed by atoms with Crippen LogP contribution in [0.1, 0.15) is 16.8 Å². The molecular formula is C20H17FN6. The van der Waals surface area contributed by atoms with Gasteiger partial charge in [0.15, 0.2) is 5.82 Å². The summed E-state index contributed by atoms with van der Waals surface area (Å²) in [6.45, 7) is 2.49. The van der Waals surface area contributed by atoms with Crippen LogP contribution < -0.4 is 0 Å². The van der Waals surface area contributed by atoms with Gasteiger partial charge in [-0.2, -0.15) is 0 Å². The van der Waals surface area contributed by atoms with E-state index in [4.69, 9.17) is 4.98 Å². The topological polar surface area (TPSA) is 70.6 Å². The predicted octanol–water partition coefficient (Wildman–Crippen LogP) is 3.11. The van der Waals surface area contributed by atoms with Crippen LogP contribution in [0.4, 0.5) is 4.39 Å². The molecule has 0 bridgehead atoms. The number of nitrogens with one attached hydrogen (secondary N) is 1. The lowest BCUT2D eigenvalue weighted by Gasteiger charge is -2.27. The second-order valence-electron chi connectivity index (χ2n) is 6.76. The van der Waals surface area contributed by atoms with E-state index in [0.717, 1.165) is 48.2 Å². The molecule has 0 amide bonds. The average Bonchev–Trinajstić information content (AvgIpc) is 3.10. The molecule has 0 saturated carbocycles. The summed E-state index contributed by atoms with van der Waals surface area (Å²) in [5.41, 5.74) is 5.04. The molecule has 0 unspecified atom stereocenters. The van der Waals surface area contributed by atoms with Crippen molar-refractivity contribution in [1.82, 2.24) is 29.8 Å². The molecule has 4 heterocycles. The van der Waals surface area contributed by atoms with Crippen LogP contribution in [0.3, 0.4) is 0 Å². The fourth-order valence-electron chi connectivity index (χ4n) is 3.58. The van der Waals surface area contributed by atoms with Crippen LogP contribution in [0.2, 0.25) is 0 Å². The van der Waals surface area contributed by atoms with Crippen molar-refractivity contribution in [2.24, 2.45) is 0 Å². The maximum absolute atomic E-state index is 13.4. The van der Waals surface area contributed by atoms with Crippen LogP contribution >= 0.6 is 0 Å². The van der Waals surface area contributed by atoms with E-state index < -0.39 is 0 Å². The lowest BCUT2D eigenvalue weighted by molar-refractivity contribution is 0.242. The summed E-state index contributed by atoms with van der Waals surface area (Å²) in [6, 6.07) is 4.88.